The number of amides is 1. The van der Waals surface area contributed by atoms with Crippen LogP contribution in [-0.2, 0) is 14.3 Å². The molecule has 2 heterocycles. The van der Waals surface area contributed by atoms with Gasteiger partial charge in [0.25, 0.3) is 5.91 Å². The molecule has 0 radical (unpaired) electrons. The van der Waals surface area contributed by atoms with Gasteiger partial charge in [0.15, 0.2) is 6.10 Å². The zero-order valence-corrected chi connectivity index (χ0v) is 17.0. The fourth-order valence-corrected chi connectivity index (χ4v) is 3.90. The van der Waals surface area contributed by atoms with Crippen molar-refractivity contribution in [2.45, 2.75) is 36.9 Å². The summed E-state index contributed by atoms with van der Waals surface area (Å²) in [5.41, 5.74) is 0.440. The maximum absolute atomic E-state index is 12.6. The van der Waals surface area contributed by atoms with E-state index in [0.717, 1.165) is 30.1 Å². The number of nitrogens with one attached hydrogen (secondary N) is 1. The van der Waals surface area contributed by atoms with Crippen molar-refractivity contribution in [3.63, 3.8) is 0 Å². The molecule has 28 heavy (non-hydrogen) atoms. The van der Waals surface area contributed by atoms with Crippen LogP contribution in [0.5, 0.6) is 0 Å². The third kappa shape index (κ3) is 5.70. The zero-order valence-electron chi connectivity index (χ0n) is 15.4. The third-order valence-electron chi connectivity index (χ3n) is 4.19. The standard InChI is InChI=1S/C20H21ClN2O4S/c1-13(19(24)23-18-9-8-14(21)11-22-18)27-20(25)16-6-2-3-7-17(16)28-12-15-5-4-10-26-15/h2-3,6-9,11,13,15H,4-5,10,12H2,1H3,(H,22,23,24)/t13-,15+/m0/s1. The van der Waals surface area contributed by atoms with E-state index in [1.807, 2.05) is 12.1 Å². The maximum atomic E-state index is 12.6. The summed E-state index contributed by atoms with van der Waals surface area (Å²) in [7, 11) is 0. The largest absolute Gasteiger partial charge is 0.449 e. The summed E-state index contributed by atoms with van der Waals surface area (Å²) in [5.74, 6) is 0.113. The van der Waals surface area contributed by atoms with Gasteiger partial charge in [0.05, 0.1) is 16.7 Å². The van der Waals surface area contributed by atoms with Gasteiger partial charge in [-0.3, -0.25) is 4.79 Å². The van der Waals surface area contributed by atoms with E-state index >= 15 is 0 Å². The molecule has 6 nitrogen and oxygen atoms in total. The maximum Gasteiger partial charge on any atom is 0.340 e. The average Bonchev–Trinajstić information content (AvgIpc) is 3.22. The summed E-state index contributed by atoms with van der Waals surface area (Å²) in [4.78, 5) is 29.7. The first kappa shape index (κ1) is 20.6. The van der Waals surface area contributed by atoms with Crippen LogP contribution in [0.4, 0.5) is 5.82 Å². The number of anilines is 1. The molecule has 148 valence electrons. The Morgan fingerprint density at radius 3 is 2.89 bits per heavy atom. The molecule has 1 saturated heterocycles. The minimum Gasteiger partial charge on any atom is -0.449 e. The Hall–Kier alpha value is -2.09. The first-order valence-electron chi connectivity index (χ1n) is 9.00. The van der Waals surface area contributed by atoms with E-state index in [-0.39, 0.29) is 6.10 Å². The van der Waals surface area contributed by atoms with Gasteiger partial charge in [0.1, 0.15) is 5.82 Å². The quantitative estimate of drug-likeness (QED) is 0.534. The molecule has 1 aromatic carbocycles. The second kappa shape index (κ2) is 9.91. The summed E-state index contributed by atoms with van der Waals surface area (Å²) in [6.45, 7) is 2.31. The summed E-state index contributed by atoms with van der Waals surface area (Å²) in [5, 5.41) is 3.06. The van der Waals surface area contributed by atoms with Crippen molar-refractivity contribution < 1.29 is 19.1 Å². The smallest absolute Gasteiger partial charge is 0.340 e. The highest BCUT2D eigenvalue weighted by Gasteiger charge is 2.22. The molecule has 3 rings (SSSR count). The van der Waals surface area contributed by atoms with E-state index in [0.29, 0.717) is 16.4 Å². The van der Waals surface area contributed by atoms with E-state index in [4.69, 9.17) is 21.1 Å². The van der Waals surface area contributed by atoms with Gasteiger partial charge in [0, 0.05) is 23.5 Å². The van der Waals surface area contributed by atoms with Gasteiger partial charge in [-0.15, -0.1) is 11.8 Å². The number of benzene rings is 1. The van der Waals surface area contributed by atoms with Gasteiger partial charge in [-0.2, -0.15) is 0 Å². The third-order valence-corrected chi connectivity index (χ3v) is 5.62. The molecule has 0 saturated carbocycles. The Balaban J connectivity index is 1.58. The molecule has 1 aliphatic heterocycles. The molecule has 0 unspecified atom stereocenters. The van der Waals surface area contributed by atoms with Gasteiger partial charge in [0.2, 0.25) is 0 Å². The zero-order chi connectivity index (χ0) is 19.9. The van der Waals surface area contributed by atoms with Gasteiger partial charge in [-0.25, -0.2) is 9.78 Å². The number of hydrogen-bond acceptors (Lipinski definition) is 6. The van der Waals surface area contributed by atoms with Crippen LogP contribution >= 0.6 is 23.4 Å². The molecular formula is C20H21ClN2O4S. The van der Waals surface area contributed by atoms with E-state index in [2.05, 4.69) is 10.3 Å². The number of nitrogens with zero attached hydrogens (tertiary/aromatic N) is 1. The van der Waals surface area contributed by atoms with Crippen LogP contribution in [0.3, 0.4) is 0 Å². The van der Waals surface area contributed by atoms with Crippen LogP contribution in [0.1, 0.15) is 30.1 Å². The van der Waals surface area contributed by atoms with E-state index < -0.39 is 18.0 Å². The van der Waals surface area contributed by atoms with Crippen molar-refractivity contribution in [3.05, 3.63) is 53.2 Å². The van der Waals surface area contributed by atoms with Crippen molar-refractivity contribution in [3.8, 4) is 0 Å². The molecule has 0 aliphatic carbocycles. The molecule has 2 aromatic rings. The molecule has 2 atom stereocenters. The van der Waals surface area contributed by atoms with Gasteiger partial charge >= 0.3 is 5.97 Å². The lowest BCUT2D eigenvalue weighted by Gasteiger charge is -2.15. The molecule has 0 bridgehead atoms. The van der Waals surface area contributed by atoms with Crippen LogP contribution in [-0.4, -0.2) is 41.4 Å². The lowest BCUT2D eigenvalue weighted by molar-refractivity contribution is -0.123. The summed E-state index contributed by atoms with van der Waals surface area (Å²) < 4.78 is 11.0. The topological polar surface area (TPSA) is 77.5 Å². The number of hydrogen-bond donors (Lipinski definition) is 1. The molecule has 0 spiro atoms. The summed E-state index contributed by atoms with van der Waals surface area (Å²) in [6.07, 6.45) is 2.78. The van der Waals surface area contributed by atoms with Gasteiger partial charge in [-0.05, 0) is 44.0 Å². The van der Waals surface area contributed by atoms with Crippen LogP contribution < -0.4 is 5.32 Å². The predicted octanol–water partition coefficient (Wildman–Crippen LogP) is 4.19. The Labute approximate surface area is 173 Å². The molecule has 1 aliphatic rings. The Morgan fingerprint density at radius 1 is 1.36 bits per heavy atom. The minimum absolute atomic E-state index is 0.214. The van der Waals surface area contributed by atoms with Crippen molar-refractivity contribution in [2.24, 2.45) is 0 Å². The Bertz CT molecular complexity index is 825. The van der Waals surface area contributed by atoms with E-state index in [1.54, 1.807) is 36.0 Å². The highest BCUT2D eigenvalue weighted by atomic mass is 35.5. The predicted molar refractivity (Wildman–Crippen MR) is 109 cm³/mol. The lowest BCUT2D eigenvalue weighted by Crippen LogP contribution is -2.30. The minimum atomic E-state index is -0.971. The SMILES string of the molecule is C[C@H](OC(=O)c1ccccc1SC[C@H]1CCCO1)C(=O)Nc1ccc(Cl)cn1. The van der Waals surface area contributed by atoms with Crippen LogP contribution in [0.15, 0.2) is 47.5 Å². The molecule has 8 heteroatoms. The molecule has 1 aromatic heterocycles. The van der Waals surface area contributed by atoms with Crippen molar-refractivity contribution in [1.29, 1.82) is 0 Å². The number of esters is 1. The van der Waals surface area contributed by atoms with Gasteiger partial charge in [-0.1, -0.05) is 23.7 Å². The van der Waals surface area contributed by atoms with Crippen molar-refractivity contribution in [2.75, 3.05) is 17.7 Å². The number of thioether (sulfide) groups is 1. The van der Waals surface area contributed by atoms with Crippen LogP contribution in [0.25, 0.3) is 0 Å². The fraction of sp³-hybridized carbons (Fsp3) is 0.350. The number of rotatable bonds is 7. The second-order valence-electron chi connectivity index (χ2n) is 6.34. The van der Waals surface area contributed by atoms with Gasteiger partial charge < -0.3 is 14.8 Å². The molecule has 1 N–H and O–H groups in total. The average molecular weight is 421 g/mol. The number of pyridine rings is 1. The number of halogens is 1. The summed E-state index contributed by atoms with van der Waals surface area (Å²) >= 11 is 7.34. The highest BCUT2D eigenvalue weighted by molar-refractivity contribution is 7.99. The Kier molecular flexibility index (Phi) is 7.30. The first-order valence-corrected chi connectivity index (χ1v) is 10.4. The molecule has 1 amide bonds. The second-order valence-corrected chi connectivity index (χ2v) is 7.84. The van der Waals surface area contributed by atoms with Crippen molar-refractivity contribution in [1.82, 2.24) is 4.98 Å². The lowest BCUT2D eigenvalue weighted by atomic mass is 10.2. The number of ether oxygens (including phenoxy) is 2. The van der Waals surface area contributed by atoms with Crippen molar-refractivity contribution >= 4 is 41.1 Å². The normalized spacial score (nSPS) is 17.1. The van der Waals surface area contributed by atoms with Crippen LogP contribution in [0.2, 0.25) is 5.02 Å². The fourth-order valence-electron chi connectivity index (χ4n) is 2.67. The van der Waals surface area contributed by atoms with E-state index in [9.17, 15) is 9.59 Å². The summed E-state index contributed by atoms with van der Waals surface area (Å²) in [6, 6.07) is 10.4. The first-order chi connectivity index (χ1) is 13.5. The number of carbonyl (C=O) groups is 2. The van der Waals surface area contributed by atoms with E-state index in [1.165, 1.54) is 13.1 Å². The number of aromatic nitrogens is 1. The van der Waals surface area contributed by atoms with Crippen LogP contribution in [0, 0.1) is 0 Å². The monoisotopic (exact) mass is 420 g/mol. The number of carbonyl (C=O) groups excluding carboxylic acids is 2. The Morgan fingerprint density at radius 2 is 2.18 bits per heavy atom. The molecule has 1 fully saturated rings. The molecular weight excluding hydrogens is 400 g/mol. The highest BCUT2D eigenvalue weighted by Crippen LogP contribution is 2.27.